The molecule has 0 bridgehead atoms. The first-order valence-electron chi connectivity index (χ1n) is 10.0. The zero-order valence-electron chi connectivity index (χ0n) is 16.9. The van der Waals surface area contributed by atoms with Gasteiger partial charge in [0, 0.05) is 36.4 Å². The second kappa shape index (κ2) is 10.2. The number of carbonyl (C=O) groups excluding carboxylic acids is 2. The minimum absolute atomic E-state index is 0.213. The summed E-state index contributed by atoms with van der Waals surface area (Å²) in [7, 11) is 0. The number of aromatic nitrogens is 1. The van der Waals surface area contributed by atoms with Gasteiger partial charge in [-0.3, -0.25) is 4.79 Å². The standard InChI is InChI=1S/C21H28N4O3S/c1-15(2)9-10-22-21-24-18(14-29-21)20(27)28-13-19(26)23-16-5-7-17(8-6-16)25-11-3-4-12-25/h5-8,14-15H,3-4,9-13H2,1-2H3,(H,22,24)(H,23,26). The van der Waals surface area contributed by atoms with Gasteiger partial charge >= 0.3 is 5.97 Å². The highest BCUT2D eigenvalue weighted by molar-refractivity contribution is 7.13. The number of amides is 1. The first-order valence-corrected chi connectivity index (χ1v) is 10.9. The number of hydrogen-bond donors (Lipinski definition) is 2. The van der Waals surface area contributed by atoms with Gasteiger partial charge in [-0.15, -0.1) is 11.3 Å². The first kappa shape index (κ1) is 21.1. The van der Waals surface area contributed by atoms with Crippen LogP contribution in [-0.4, -0.2) is 43.1 Å². The molecule has 0 radical (unpaired) electrons. The molecule has 1 aliphatic rings. The fraction of sp³-hybridized carbons (Fsp3) is 0.476. The number of rotatable bonds is 9. The molecule has 156 valence electrons. The molecule has 1 aliphatic heterocycles. The van der Waals surface area contributed by atoms with Crippen LogP contribution in [0.1, 0.15) is 43.6 Å². The Kier molecular flexibility index (Phi) is 7.46. The highest BCUT2D eigenvalue weighted by Crippen LogP contribution is 2.22. The maximum absolute atomic E-state index is 12.1. The molecule has 1 fully saturated rings. The van der Waals surface area contributed by atoms with Crippen molar-refractivity contribution in [3.8, 4) is 0 Å². The first-order chi connectivity index (χ1) is 14.0. The molecule has 1 amide bonds. The number of hydrogen-bond acceptors (Lipinski definition) is 7. The number of thiazole rings is 1. The second-order valence-electron chi connectivity index (χ2n) is 7.51. The van der Waals surface area contributed by atoms with E-state index in [-0.39, 0.29) is 18.2 Å². The van der Waals surface area contributed by atoms with Gasteiger partial charge in [0.2, 0.25) is 0 Å². The van der Waals surface area contributed by atoms with Crippen LogP contribution in [0.2, 0.25) is 0 Å². The maximum Gasteiger partial charge on any atom is 0.358 e. The van der Waals surface area contributed by atoms with Crippen LogP contribution >= 0.6 is 11.3 Å². The fourth-order valence-electron chi connectivity index (χ4n) is 3.05. The van der Waals surface area contributed by atoms with Gasteiger partial charge < -0.3 is 20.3 Å². The van der Waals surface area contributed by atoms with Crippen LogP contribution in [0.5, 0.6) is 0 Å². The van der Waals surface area contributed by atoms with Crippen LogP contribution in [0.4, 0.5) is 16.5 Å². The van der Waals surface area contributed by atoms with Gasteiger partial charge in [-0.25, -0.2) is 9.78 Å². The van der Waals surface area contributed by atoms with Gasteiger partial charge in [0.15, 0.2) is 17.4 Å². The Labute approximate surface area is 175 Å². The SMILES string of the molecule is CC(C)CCNc1nc(C(=O)OCC(=O)Nc2ccc(N3CCCC3)cc2)cs1. The third-order valence-corrected chi connectivity index (χ3v) is 5.47. The zero-order valence-corrected chi connectivity index (χ0v) is 17.8. The van der Waals surface area contributed by atoms with Crippen molar-refractivity contribution in [2.24, 2.45) is 5.92 Å². The number of benzene rings is 1. The number of nitrogens with zero attached hydrogens (tertiary/aromatic N) is 2. The van der Waals surface area contributed by atoms with E-state index < -0.39 is 5.97 Å². The largest absolute Gasteiger partial charge is 0.451 e. The number of anilines is 3. The summed E-state index contributed by atoms with van der Waals surface area (Å²) >= 11 is 1.35. The van der Waals surface area contributed by atoms with E-state index in [1.165, 1.54) is 24.2 Å². The molecule has 2 aromatic rings. The monoisotopic (exact) mass is 416 g/mol. The average Bonchev–Trinajstić information content (AvgIpc) is 3.39. The van der Waals surface area contributed by atoms with Crippen molar-refractivity contribution in [3.05, 3.63) is 35.3 Å². The number of nitrogens with one attached hydrogen (secondary N) is 2. The summed E-state index contributed by atoms with van der Waals surface area (Å²) in [5, 5.41) is 8.25. The van der Waals surface area contributed by atoms with Crippen LogP contribution in [0, 0.1) is 5.92 Å². The van der Waals surface area contributed by atoms with Gasteiger partial charge in [-0.05, 0) is 49.4 Å². The minimum Gasteiger partial charge on any atom is -0.451 e. The summed E-state index contributed by atoms with van der Waals surface area (Å²) in [6.45, 7) is 6.91. The van der Waals surface area contributed by atoms with E-state index in [1.807, 2.05) is 24.3 Å². The van der Waals surface area contributed by atoms with Gasteiger partial charge in [-0.2, -0.15) is 0 Å². The summed E-state index contributed by atoms with van der Waals surface area (Å²) in [6, 6.07) is 7.72. The molecule has 2 N–H and O–H groups in total. The lowest BCUT2D eigenvalue weighted by Crippen LogP contribution is -2.21. The molecule has 1 aromatic carbocycles. The predicted molar refractivity (Wildman–Crippen MR) is 117 cm³/mol. The van der Waals surface area contributed by atoms with Gasteiger partial charge in [0.05, 0.1) is 0 Å². The van der Waals surface area contributed by atoms with E-state index in [9.17, 15) is 9.59 Å². The molecule has 7 nitrogen and oxygen atoms in total. The molecular weight excluding hydrogens is 388 g/mol. The molecule has 1 aromatic heterocycles. The van der Waals surface area contributed by atoms with E-state index in [4.69, 9.17) is 4.74 Å². The summed E-state index contributed by atoms with van der Waals surface area (Å²) in [6.07, 6.45) is 3.47. The Morgan fingerprint density at radius 2 is 1.93 bits per heavy atom. The topological polar surface area (TPSA) is 83.6 Å². The van der Waals surface area contributed by atoms with Crippen molar-refractivity contribution in [3.63, 3.8) is 0 Å². The Morgan fingerprint density at radius 3 is 2.62 bits per heavy atom. The number of ether oxygens (including phenoxy) is 1. The normalized spacial score (nSPS) is 13.6. The molecular formula is C21H28N4O3S. The van der Waals surface area contributed by atoms with Gasteiger partial charge in [0.1, 0.15) is 0 Å². The Hall–Kier alpha value is -2.61. The van der Waals surface area contributed by atoms with Crippen molar-refractivity contribution >= 4 is 39.7 Å². The second-order valence-corrected chi connectivity index (χ2v) is 8.37. The molecule has 0 spiro atoms. The zero-order chi connectivity index (χ0) is 20.6. The highest BCUT2D eigenvalue weighted by Gasteiger charge is 2.15. The third-order valence-electron chi connectivity index (χ3n) is 4.67. The Balaban J connectivity index is 1.42. The van der Waals surface area contributed by atoms with Crippen LogP contribution < -0.4 is 15.5 Å². The summed E-state index contributed by atoms with van der Waals surface area (Å²) < 4.78 is 5.08. The lowest BCUT2D eigenvalue weighted by molar-refractivity contribution is -0.119. The Bertz CT molecular complexity index is 814. The van der Waals surface area contributed by atoms with Crippen molar-refractivity contribution < 1.29 is 14.3 Å². The lowest BCUT2D eigenvalue weighted by Gasteiger charge is -2.17. The number of carbonyl (C=O) groups is 2. The van der Waals surface area contributed by atoms with E-state index in [2.05, 4.69) is 34.4 Å². The maximum atomic E-state index is 12.1. The summed E-state index contributed by atoms with van der Waals surface area (Å²) in [4.78, 5) is 30.7. The highest BCUT2D eigenvalue weighted by atomic mass is 32.1. The third kappa shape index (κ3) is 6.45. The molecule has 0 unspecified atom stereocenters. The van der Waals surface area contributed by atoms with Gasteiger partial charge in [0.25, 0.3) is 5.91 Å². The smallest absolute Gasteiger partial charge is 0.358 e. The fourth-order valence-corrected chi connectivity index (χ4v) is 3.76. The van der Waals surface area contributed by atoms with Crippen molar-refractivity contribution in [2.75, 3.05) is 41.8 Å². The van der Waals surface area contributed by atoms with Crippen LogP contribution in [0.15, 0.2) is 29.6 Å². The number of esters is 1. The van der Waals surface area contributed by atoms with E-state index >= 15 is 0 Å². The molecule has 0 aliphatic carbocycles. The molecule has 29 heavy (non-hydrogen) atoms. The van der Waals surface area contributed by atoms with Crippen LogP contribution in [-0.2, 0) is 9.53 Å². The van der Waals surface area contributed by atoms with Crippen LogP contribution in [0.3, 0.4) is 0 Å². The van der Waals surface area contributed by atoms with E-state index in [0.29, 0.717) is 16.7 Å². The summed E-state index contributed by atoms with van der Waals surface area (Å²) in [5.74, 6) is -0.377. The molecule has 0 saturated carbocycles. The van der Waals surface area contributed by atoms with Crippen molar-refractivity contribution in [2.45, 2.75) is 33.1 Å². The van der Waals surface area contributed by atoms with Gasteiger partial charge in [-0.1, -0.05) is 13.8 Å². The lowest BCUT2D eigenvalue weighted by atomic mass is 10.1. The van der Waals surface area contributed by atoms with E-state index in [0.717, 1.165) is 31.7 Å². The van der Waals surface area contributed by atoms with Crippen LogP contribution in [0.25, 0.3) is 0 Å². The average molecular weight is 417 g/mol. The molecule has 0 atom stereocenters. The summed E-state index contributed by atoms with van der Waals surface area (Å²) in [5.41, 5.74) is 2.05. The molecule has 2 heterocycles. The molecule has 3 rings (SSSR count). The molecule has 8 heteroatoms. The van der Waals surface area contributed by atoms with E-state index in [1.54, 1.807) is 5.38 Å². The predicted octanol–water partition coefficient (Wildman–Crippen LogP) is 4.00. The minimum atomic E-state index is -0.599. The quantitative estimate of drug-likeness (QED) is 0.601. The van der Waals surface area contributed by atoms with Crippen molar-refractivity contribution in [1.29, 1.82) is 0 Å². The Morgan fingerprint density at radius 1 is 1.21 bits per heavy atom. The van der Waals surface area contributed by atoms with Crippen molar-refractivity contribution in [1.82, 2.24) is 4.98 Å². The molecule has 1 saturated heterocycles.